The molecular formula is C24H25ClFN5O4. The number of fused-ring (bicyclic) bond motifs is 1. The second kappa shape index (κ2) is 9.52. The lowest BCUT2D eigenvalue weighted by molar-refractivity contribution is -0.384. The number of nitro groups is 1. The van der Waals surface area contributed by atoms with Crippen molar-refractivity contribution < 1.29 is 18.8 Å². The van der Waals surface area contributed by atoms with E-state index in [4.69, 9.17) is 21.1 Å². The first-order chi connectivity index (χ1) is 16.8. The van der Waals surface area contributed by atoms with E-state index < -0.39 is 10.7 Å². The summed E-state index contributed by atoms with van der Waals surface area (Å²) in [6.07, 6.45) is 4.96. The first-order valence-electron chi connectivity index (χ1n) is 11.5. The van der Waals surface area contributed by atoms with Gasteiger partial charge in [0.25, 0.3) is 0 Å². The van der Waals surface area contributed by atoms with Crippen molar-refractivity contribution >= 4 is 39.7 Å². The third-order valence-corrected chi connectivity index (χ3v) is 7.06. The molecule has 2 aromatic carbocycles. The second-order valence-corrected chi connectivity index (χ2v) is 9.52. The van der Waals surface area contributed by atoms with Gasteiger partial charge in [-0.15, -0.1) is 0 Å². The molecule has 184 valence electrons. The Kier molecular flexibility index (Phi) is 6.43. The largest absolute Gasteiger partial charge is 0.484 e. The molecule has 0 aliphatic carbocycles. The summed E-state index contributed by atoms with van der Waals surface area (Å²) in [4.78, 5) is 22.3. The van der Waals surface area contributed by atoms with Gasteiger partial charge in [-0.05, 0) is 63.1 Å². The van der Waals surface area contributed by atoms with Crippen LogP contribution in [0.1, 0.15) is 25.7 Å². The highest BCUT2D eigenvalue weighted by atomic mass is 35.5. The van der Waals surface area contributed by atoms with Crippen LogP contribution in [0.25, 0.3) is 10.9 Å². The van der Waals surface area contributed by atoms with Crippen LogP contribution in [-0.4, -0.2) is 58.2 Å². The molecule has 2 aliphatic rings. The number of hydrogen-bond donors (Lipinski definition) is 1. The van der Waals surface area contributed by atoms with Crippen LogP contribution in [-0.2, 0) is 4.74 Å². The first kappa shape index (κ1) is 23.7. The molecule has 35 heavy (non-hydrogen) atoms. The summed E-state index contributed by atoms with van der Waals surface area (Å²) in [5.41, 5.74) is 0.444. The maximum Gasteiger partial charge on any atom is 0.323 e. The van der Waals surface area contributed by atoms with E-state index >= 15 is 0 Å². The number of aromatic nitrogens is 2. The van der Waals surface area contributed by atoms with E-state index in [-0.39, 0.29) is 46.0 Å². The van der Waals surface area contributed by atoms with Crippen molar-refractivity contribution in [2.75, 3.05) is 32.1 Å². The van der Waals surface area contributed by atoms with E-state index in [0.717, 1.165) is 38.8 Å². The standard InChI is InChI=1S/C24H25ClFN5O4/c1-30-10-8-24(9-11-30)7-6-16(35-24)13-34-20-5-4-19-21(22(20)31(32)33)23(28-14-27-19)29-15-2-3-18(26)17(25)12-15/h2-5,12,14,16H,6-11,13H2,1H3,(H,27,28,29). The van der Waals surface area contributed by atoms with Crippen LogP contribution in [0.2, 0.25) is 5.02 Å². The number of halogens is 2. The zero-order valence-electron chi connectivity index (χ0n) is 19.2. The van der Waals surface area contributed by atoms with Crippen molar-refractivity contribution in [1.82, 2.24) is 14.9 Å². The Morgan fingerprint density at radius 1 is 1.29 bits per heavy atom. The predicted octanol–water partition coefficient (Wildman–Crippen LogP) is 5.10. The smallest absolute Gasteiger partial charge is 0.323 e. The molecule has 3 heterocycles. The first-order valence-corrected chi connectivity index (χ1v) is 11.8. The topological polar surface area (TPSA) is 103 Å². The SMILES string of the molecule is CN1CCC2(CCC(COc3ccc4ncnc(Nc5ccc(F)c(Cl)c5)c4c3[N+](=O)[O-])O2)CC1. The van der Waals surface area contributed by atoms with E-state index in [1.165, 1.54) is 24.5 Å². The molecule has 2 aliphatic heterocycles. The van der Waals surface area contributed by atoms with Gasteiger partial charge in [0.15, 0.2) is 5.75 Å². The van der Waals surface area contributed by atoms with Gasteiger partial charge in [0.05, 0.1) is 27.2 Å². The number of ether oxygens (including phenoxy) is 2. The summed E-state index contributed by atoms with van der Waals surface area (Å²) in [7, 11) is 2.11. The molecule has 0 bridgehead atoms. The molecule has 11 heteroatoms. The highest BCUT2D eigenvalue weighted by Gasteiger charge is 2.42. The highest BCUT2D eigenvalue weighted by molar-refractivity contribution is 6.31. The van der Waals surface area contributed by atoms with Crippen molar-refractivity contribution in [2.24, 2.45) is 0 Å². The fraction of sp³-hybridized carbons (Fsp3) is 0.417. The van der Waals surface area contributed by atoms with Crippen LogP contribution in [0.15, 0.2) is 36.7 Å². The predicted molar refractivity (Wildman–Crippen MR) is 130 cm³/mol. The van der Waals surface area contributed by atoms with Crippen molar-refractivity contribution in [3.8, 4) is 5.75 Å². The number of nitro benzene ring substituents is 1. The Balaban J connectivity index is 1.40. The lowest BCUT2D eigenvalue weighted by Crippen LogP contribution is -2.43. The number of rotatable bonds is 6. The molecule has 1 spiro atoms. The van der Waals surface area contributed by atoms with E-state index in [2.05, 4.69) is 27.2 Å². The van der Waals surface area contributed by atoms with Crippen molar-refractivity contribution in [3.63, 3.8) is 0 Å². The van der Waals surface area contributed by atoms with Crippen LogP contribution in [0.5, 0.6) is 5.75 Å². The minimum atomic E-state index is -0.567. The molecule has 2 fully saturated rings. The average molecular weight is 502 g/mol. The third-order valence-electron chi connectivity index (χ3n) is 6.77. The van der Waals surface area contributed by atoms with Gasteiger partial charge < -0.3 is 19.7 Å². The molecule has 0 radical (unpaired) electrons. The molecule has 9 nitrogen and oxygen atoms in total. The molecule has 5 rings (SSSR count). The molecule has 0 saturated carbocycles. The highest BCUT2D eigenvalue weighted by Crippen LogP contribution is 2.41. The van der Waals surface area contributed by atoms with Crippen molar-refractivity contribution in [1.29, 1.82) is 0 Å². The molecule has 1 N–H and O–H groups in total. The monoisotopic (exact) mass is 501 g/mol. The van der Waals surface area contributed by atoms with E-state index in [1.54, 1.807) is 12.1 Å². The number of nitrogens with one attached hydrogen (secondary N) is 1. The quantitative estimate of drug-likeness (QED) is 0.368. The number of benzene rings is 2. The summed E-state index contributed by atoms with van der Waals surface area (Å²) in [6, 6.07) is 7.25. The summed E-state index contributed by atoms with van der Waals surface area (Å²) in [6.45, 7) is 2.21. The maximum absolute atomic E-state index is 13.6. The third kappa shape index (κ3) is 4.86. The van der Waals surface area contributed by atoms with Gasteiger partial charge in [-0.1, -0.05) is 11.6 Å². The van der Waals surface area contributed by atoms with Gasteiger partial charge in [0.1, 0.15) is 30.0 Å². The Morgan fingerprint density at radius 2 is 2.09 bits per heavy atom. The maximum atomic E-state index is 13.6. The van der Waals surface area contributed by atoms with Gasteiger partial charge in [-0.25, -0.2) is 14.4 Å². The summed E-state index contributed by atoms with van der Waals surface area (Å²) >= 11 is 5.88. The molecule has 2 saturated heterocycles. The number of likely N-dealkylation sites (tertiary alicyclic amines) is 1. The van der Waals surface area contributed by atoms with E-state index in [0.29, 0.717) is 11.2 Å². The second-order valence-electron chi connectivity index (χ2n) is 9.12. The molecule has 3 aromatic rings. The summed E-state index contributed by atoms with van der Waals surface area (Å²) < 4.78 is 25.9. The van der Waals surface area contributed by atoms with Crippen LogP contribution < -0.4 is 10.1 Å². The Labute approximate surface area is 206 Å². The fourth-order valence-corrected chi connectivity index (χ4v) is 4.99. The summed E-state index contributed by atoms with van der Waals surface area (Å²) in [5, 5.41) is 15.2. The van der Waals surface area contributed by atoms with E-state index in [9.17, 15) is 14.5 Å². The molecule has 0 amide bonds. The van der Waals surface area contributed by atoms with Crippen LogP contribution in [0.3, 0.4) is 0 Å². The zero-order valence-corrected chi connectivity index (χ0v) is 19.9. The van der Waals surface area contributed by atoms with Gasteiger partial charge in [-0.2, -0.15) is 0 Å². The fourth-order valence-electron chi connectivity index (χ4n) is 4.81. The molecule has 1 unspecified atom stereocenters. The molecule has 1 aromatic heterocycles. The van der Waals surface area contributed by atoms with Crippen molar-refractivity contribution in [3.05, 3.63) is 57.6 Å². The number of nitrogens with zero attached hydrogens (tertiary/aromatic N) is 4. The summed E-state index contributed by atoms with van der Waals surface area (Å²) in [5.74, 6) is -0.259. The lowest BCUT2D eigenvalue weighted by atomic mass is 9.89. The van der Waals surface area contributed by atoms with Gasteiger partial charge >= 0.3 is 5.69 Å². The molecular weight excluding hydrogens is 477 g/mol. The van der Waals surface area contributed by atoms with Gasteiger partial charge in [0, 0.05) is 18.8 Å². The Morgan fingerprint density at radius 3 is 2.83 bits per heavy atom. The van der Waals surface area contributed by atoms with Crippen molar-refractivity contribution in [2.45, 2.75) is 37.4 Å². The van der Waals surface area contributed by atoms with E-state index in [1.807, 2.05) is 0 Å². The van der Waals surface area contributed by atoms with Crippen LogP contribution in [0, 0.1) is 15.9 Å². The number of hydrogen-bond acceptors (Lipinski definition) is 8. The lowest BCUT2D eigenvalue weighted by Gasteiger charge is -2.37. The van der Waals surface area contributed by atoms with Crippen LogP contribution in [0.4, 0.5) is 21.6 Å². The minimum absolute atomic E-state index is 0.0779. The van der Waals surface area contributed by atoms with Crippen LogP contribution >= 0.6 is 11.6 Å². The number of anilines is 2. The van der Waals surface area contributed by atoms with Gasteiger partial charge in [-0.3, -0.25) is 10.1 Å². The normalized spacial score (nSPS) is 19.8. The average Bonchev–Trinajstić information content (AvgIpc) is 3.24. The Hall–Kier alpha value is -3.08. The zero-order chi connectivity index (χ0) is 24.6. The Bertz CT molecular complexity index is 1270. The number of piperidine rings is 1. The minimum Gasteiger partial charge on any atom is -0.484 e. The van der Waals surface area contributed by atoms with Gasteiger partial charge in [0.2, 0.25) is 0 Å². The molecule has 1 atom stereocenters.